The second-order valence-electron chi connectivity index (χ2n) is 10.9. The van der Waals surface area contributed by atoms with E-state index in [1.807, 2.05) is 68.4 Å². The predicted octanol–water partition coefficient (Wildman–Crippen LogP) is 7.82. The van der Waals surface area contributed by atoms with Crippen molar-refractivity contribution in [1.29, 1.82) is 0 Å². The third-order valence-electron chi connectivity index (χ3n) is 7.42. The molecule has 0 heterocycles. The van der Waals surface area contributed by atoms with Crippen molar-refractivity contribution in [3.63, 3.8) is 0 Å². The van der Waals surface area contributed by atoms with Gasteiger partial charge in [0.2, 0.25) is 11.8 Å². The fraction of sp³-hybridized carbons (Fsp3) is 0.257. The third-order valence-corrected chi connectivity index (χ3v) is 10.4. The van der Waals surface area contributed by atoms with E-state index in [0.29, 0.717) is 6.54 Å². The lowest BCUT2D eigenvalue weighted by Crippen LogP contribution is -2.53. The average molecular weight is 746 g/mol. The molecule has 0 aliphatic rings. The standard InChI is InChI=1S/C35H36BrCl2N3O4S/c1-3-4-19-39-35(43)33(21-26-9-6-5-7-10-26)40(23-27-11-8-12-28(36)20-27)34(42)24-41(29-15-18-31(37)32(38)22-29)46(44,45)30-16-13-25(2)14-17-30/h5-18,20,22,33H,3-4,19,21,23-24H2,1-2H3,(H,39,43)/t33-/m0/s1. The molecule has 0 aliphatic heterocycles. The summed E-state index contributed by atoms with van der Waals surface area (Å²) >= 11 is 16.0. The molecular weight excluding hydrogens is 709 g/mol. The number of unbranched alkanes of at least 4 members (excludes halogenated alkanes) is 1. The van der Waals surface area contributed by atoms with Crippen LogP contribution in [0.3, 0.4) is 0 Å². The molecule has 0 bridgehead atoms. The van der Waals surface area contributed by atoms with Crippen LogP contribution in [0.25, 0.3) is 0 Å². The van der Waals surface area contributed by atoms with Gasteiger partial charge in [-0.3, -0.25) is 13.9 Å². The molecule has 0 fully saturated rings. The van der Waals surface area contributed by atoms with E-state index in [1.165, 1.54) is 35.2 Å². The van der Waals surface area contributed by atoms with Crippen molar-refractivity contribution in [1.82, 2.24) is 10.2 Å². The summed E-state index contributed by atoms with van der Waals surface area (Å²) in [6.45, 7) is 3.82. The van der Waals surface area contributed by atoms with E-state index in [2.05, 4.69) is 21.2 Å². The van der Waals surface area contributed by atoms with Crippen molar-refractivity contribution in [3.05, 3.63) is 128 Å². The molecule has 1 N–H and O–H groups in total. The van der Waals surface area contributed by atoms with Gasteiger partial charge >= 0.3 is 0 Å². The maximum absolute atomic E-state index is 14.5. The Morgan fingerprint density at radius 1 is 0.870 bits per heavy atom. The number of aryl methyl sites for hydroxylation is 1. The largest absolute Gasteiger partial charge is 0.354 e. The SMILES string of the molecule is CCCCNC(=O)[C@H](Cc1ccccc1)N(Cc1cccc(Br)c1)C(=O)CN(c1ccc(Cl)c(Cl)c1)S(=O)(=O)c1ccc(C)cc1. The summed E-state index contributed by atoms with van der Waals surface area (Å²) in [6.07, 6.45) is 1.90. The van der Waals surface area contributed by atoms with Gasteiger partial charge in [0, 0.05) is 24.0 Å². The number of rotatable bonds is 14. The van der Waals surface area contributed by atoms with Gasteiger partial charge < -0.3 is 10.2 Å². The summed E-state index contributed by atoms with van der Waals surface area (Å²) < 4.78 is 30.2. The summed E-state index contributed by atoms with van der Waals surface area (Å²) in [7, 11) is -4.25. The predicted molar refractivity (Wildman–Crippen MR) is 189 cm³/mol. The van der Waals surface area contributed by atoms with E-state index >= 15 is 0 Å². The summed E-state index contributed by atoms with van der Waals surface area (Å²) in [5.74, 6) is -0.878. The number of nitrogens with zero attached hydrogens (tertiary/aromatic N) is 2. The van der Waals surface area contributed by atoms with E-state index in [0.717, 1.165) is 38.3 Å². The zero-order chi connectivity index (χ0) is 33.3. The normalized spacial score (nSPS) is 11.9. The fourth-order valence-electron chi connectivity index (χ4n) is 4.90. The van der Waals surface area contributed by atoms with Crippen LogP contribution < -0.4 is 9.62 Å². The van der Waals surface area contributed by atoms with Gasteiger partial charge in [0.1, 0.15) is 12.6 Å². The van der Waals surface area contributed by atoms with E-state index in [4.69, 9.17) is 23.2 Å². The van der Waals surface area contributed by atoms with E-state index in [9.17, 15) is 18.0 Å². The summed E-state index contributed by atoms with van der Waals surface area (Å²) in [6, 6.07) is 26.7. The minimum absolute atomic E-state index is 0.00802. The van der Waals surface area contributed by atoms with Crippen molar-refractivity contribution >= 4 is 66.7 Å². The number of carbonyl (C=O) groups is 2. The molecule has 2 amide bonds. The summed E-state index contributed by atoms with van der Waals surface area (Å²) in [5, 5.41) is 3.37. The molecule has 0 spiro atoms. The van der Waals surface area contributed by atoms with Crippen LogP contribution in [0, 0.1) is 6.92 Å². The molecule has 0 radical (unpaired) electrons. The molecule has 4 aromatic carbocycles. The van der Waals surface area contributed by atoms with Crippen LogP contribution in [-0.4, -0.2) is 44.3 Å². The Hall–Kier alpha value is -3.37. The first kappa shape index (κ1) is 35.5. The van der Waals surface area contributed by atoms with E-state index in [1.54, 1.807) is 12.1 Å². The molecule has 242 valence electrons. The van der Waals surface area contributed by atoms with Gasteiger partial charge in [-0.25, -0.2) is 8.42 Å². The number of amides is 2. The van der Waals surface area contributed by atoms with Crippen LogP contribution in [0.2, 0.25) is 10.0 Å². The smallest absolute Gasteiger partial charge is 0.264 e. The van der Waals surface area contributed by atoms with Gasteiger partial charge in [-0.05, 0) is 66.9 Å². The van der Waals surface area contributed by atoms with Crippen molar-refractivity contribution < 1.29 is 18.0 Å². The Morgan fingerprint density at radius 3 is 2.22 bits per heavy atom. The topological polar surface area (TPSA) is 86.8 Å². The minimum Gasteiger partial charge on any atom is -0.354 e. The molecule has 0 aliphatic carbocycles. The lowest BCUT2D eigenvalue weighted by atomic mass is 10.0. The van der Waals surface area contributed by atoms with Crippen molar-refractivity contribution in [2.45, 2.75) is 50.6 Å². The van der Waals surface area contributed by atoms with Gasteiger partial charge in [0.05, 0.1) is 20.6 Å². The van der Waals surface area contributed by atoms with Crippen LogP contribution in [0.4, 0.5) is 5.69 Å². The highest BCUT2D eigenvalue weighted by Gasteiger charge is 2.34. The second-order valence-corrected chi connectivity index (χ2v) is 14.5. The highest BCUT2D eigenvalue weighted by Crippen LogP contribution is 2.31. The van der Waals surface area contributed by atoms with Crippen LogP contribution in [0.15, 0.2) is 106 Å². The highest BCUT2D eigenvalue weighted by atomic mass is 79.9. The zero-order valence-electron chi connectivity index (χ0n) is 25.6. The van der Waals surface area contributed by atoms with Crippen LogP contribution in [-0.2, 0) is 32.6 Å². The van der Waals surface area contributed by atoms with Crippen LogP contribution in [0.5, 0.6) is 0 Å². The number of halogens is 3. The number of hydrogen-bond acceptors (Lipinski definition) is 4. The van der Waals surface area contributed by atoms with Crippen molar-refractivity contribution in [2.24, 2.45) is 0 Å². The van der Waals surface area contributed by atoms with Gasteiger partial charge in [0.15, 0.2) is 0 Å². The number of nitrogens with one attached hydrogen (secondary N) is 1. The Kier molecular flexibility index (Phi) is 12.7. The molecule has 11 heteroatoms. The Bertz CT molecular complexity index is 1760. The molecule has 0 unspecified atom stereocenters. The minimum atomic E-state index is -4.25. The number of anilines is 1. The Morgan fingerprint density at radius 2 is 1.57 bits per heavy atom. The number of sulfonamides is 1. The fourth-order valence-corrected chi connectivity index (χ4v) is 7.04. The maximum atomic E-state index is 14.5. The summed E-state index contributed by atoms with van der Waals surface area (Å²) in [4.78, 5) is 29.8. The Balaban J connectivity index is 1.81. The number of benzene rings is 4. The first-order chi connectivity index (χ1) is 22.0. The highest BCUT2D eigenvalue weighted by molar-refractivity contribution is 9.10. The molecule has 0 saturated heterocycles. The monoisotopic (exact) mass is 743 g/mol. The van der Waals surface area contributed by atoms with Crippen molar-refractivity contribution in [2.75, 3.05) is 17.4 Å². The molecule has 46 heavy (non-hydrogen) atoms. The van der Waals surface area contributed by atoms with Gasteiger partial charge in [-0.15, -0.1) is 0 Å². The lowest BCUT2D eigenvalue weighted by molar-refractivity contribution is -0.140. The van der Waals surface area contributed by atoms with Crippen molar-refractivity contribution in [3.8, 4) is 0 Å². The molecule has 7 nitrogen and oxygen atoms in total. The Labute approximate surface area is 289 Å². The van der Waals surface area contributed by atoms with E-state index in [-0.39, 0.29) is 39.5 Å². The summed E-state index contributed by atoms with van der Waals surface area (Å²) in [5.41, 5.74) is 2.68. The average Bonchev–Trinajstić information content (AvgIpc) is 3.03. The first-order valence-electron chi connectivity index (χ1n) is 14.9. The molecule has 4 aromatic rings. The molecule has 0 aromatic heterocycles. The van der Waals surface area contributed by atoms with Gasteiger partial charge in [-0.1, -0.05) is 113 Å². The second kappa shape index (κ2) is 16.5. The van der Waals surface area contributed by atoms with E-state index < -0.39 is 28.5 Å². The van der Waals surface area contributed by atoms with Gasteiger partial charge in [0.25, 0.3) is 10.0 Å². The van der Waals surface area contributed by atoms with Gasteiger partial charge in [-0.2, -0.15) is 0 Å². The molecule has 1 atom stereocenters. The molecule has 4 rings (SSSR count). The molecular formula is C35H36BrCl2N3O4S. The zero-order valence-corrected chi connectivity index (χ0v) is 29.5. The lowest BCUT2D eigenvalue weighted by Gasteiger charge is -2.34. The maximum Gasteiger partial charge on any atom is 0.264 e. The first-order valence-corrected chi connectivity index (χ1v) is 17.9. The number of carbonyl (C=O) groups excluding carboxylic acids is 2. The third kappa shape index (κ3) is 9.35. The van der Waals surface area contributed by atoms with Crippen LogP contribution >= 0.6 is 39.1 Å². The van der Waals surface area contributed by atoms with Crippen LogP contribution in [0.1, 0.15) is 36.5 Å². The quantitative estimate of drug-likeness (QED) is 0.134. The number of hydrogen-bond donors (Lipinski definition) is 1. The molecule has 0 saturated carbocycles.